The molecule has 1 aliphatic rings. The Labute approximate surface area is 155 Å². The molecule has 3 heterocycles. The molecule has 1 saturated heterocycles. The Morgan fingerprint density at radius 1 is 1.27 bits per heavy atom. The molecule has 0 N–H and O–H groups in total. The van der Waals surface area contributed by atoms with E-state index in [0.717, 1.165) is 24.5 Å². The molecule has 1 aromatic carbocycles. The van der Waals surface area contributed by atoms with Crippen molar-refractivity contribution in [3.8, 4) is 11.4 Å². The molecule has 1 fully saturated rings. The summed E-state index contributed by atoms with van der Waals surface area (Å²) >= 11 is 5.92. The van der Waals surface area contributed by atoms with Gasteiger partial charge in [-0.3, -0.25) is 9.58 Å². The zero-order valence-corrected chi connectivity index (χ0v) is 15.1. The topological polar surface area (TPSA) is 82.1 Å². The van der Waals surface area contributed by atoms with Crippen LogP contribution in [0.4, 0.5) is 0 Å². The lowest BCUT2D eigenvalue weighted by Gasteiger charge is -2.34. The first-order valence-electron chi connectivity index (χ1n) is 8.45. The number of hydrogen-bond donors (Lipinski definition) is 0. The fraction of sp³-hybridized carbons (Fsp3) is 0.412. The number of aryl methyl sites for hydroxylation is 1. The van der Waals surface area contributed by atoms with Crippen LogP contribution in [0.1, 0.15) is 17.8 Å². The number of halogens is 1. The number of benzene rings is 1. The highest BCUT2D eigenvalue weighted by Gasteiger charge is 2.28. The second-order valence-electron chi connectivity index (χ2n) is 6.14. The molecular weight excluding hydrogens is 356 g/mol. The highest BCUT2D eigenvalue weighted by Crippen LogP contribution is 2.23. The number of hydrogen-bond acceptors (Lipinski definition) is 7. The molecule has 0 saturated carbocycles. The lowest BCUT2D eigenvalue weighted by atomic mass is 10.2. The summed E-state index contributed by atoms with van der Waals surface area (Å²) in [6.07, 6.45) is 2.23. The van der Waals surface area contributed by atoms with Crippen molar-refractivity contribution in [2.45, 2.75) is 12.5 Å². The van der Waals surface area contributed by atoms with E-state index >= 15 is 0 Å². The third-order valence-corrected chi connectivity index (χ3v) is 4.72. The molecule has 26 heavy (non-hydrogen) atoms. The van der Waals surface area contributed by atoms with Crippen LogP contribution in [0.2, 0.25) is 5.02 Å². The summed E-state index contributed by atoms with van der Waals surface area (Å²) in [7, 11) is 1.89. The third kappa shape index (κ3) is 3.62. The van der Waals surface area contributed by atoms with E-state index in [0.29, 0.717) is 36.4 Å². The second kappa shape index (κ2) is 7.53. The van der Waals surface area contributed by atoms with Crippen LogP contribution < -0.4 is 0 Å². The summed E-state index contributed by atoms with van der Waals surface area (Å²) in [5, 5.41) is 8.90. The Morgan fingerprint density at radius 3 is 2.88 bits per heavy atom. The van der Waals surface area contributed by atoms with Crippen molar-refractivity contribution in [3.05, 3.63) is 47.3 Å². The largest absolute Gasteiger partial charge is 0.378 e. The smallest absolute Gasteiger partial charge is 0.228 e. The second-order valence-corrected chi connectivity index (χ2v) is 6.57. The van der Waals surface area contributed by atoms with E-state index in [4.69, 9.17) is 20.9 Å². The van der Waals surface area contributed by atoms with Gasteiger partial charge in [0, 0.05) is 37.1 Å². The van der Waals surface area contributed by atoms with Gasteiger partial charge in [-0.1, -0.05) is 16.8 Å². The molecule has 0 bridgehead atoms. The quantitative estimate of drug-likeness (QED) is 0.676. The standard InChI is InChI=1S/C17H19ClN6O2/c1-23-17(19-11-20-23)14-10-25-9-8-24(14)7-6-15-21-16(22-26-15)12-2-4-13(18)5-3-12/h2-5,11,14H,6-10H2,1H3. The molecule has 0 radical (unpaired) electrons. The Kier molecular flexibility index (Phi) is 4.96. The Morgan fingerprint density at radius 2 is 2.12 bits per heavy atom. The van der Waals surface area contributed by atoms with Gasteiger partial charge in [0.2, 0.25) is 11.7 Å². The molecule has 0 aliphatic carbocycles. The lowest BCUT2D eigenvalue weighted by molar-refractivity contribution is -0.0131. The molecule has 1 atom stereocenters. The van der Waals surface area contributed by atoms with Crippen LogP contribution in [0, 0.1) is 0 Å². The third-order valence-electron chi connectivity index (χ3n) is 4.47. The van der Waals surface area contributed by atoms with E-state index in [1.165, 1.54) is 0 Å². The summed E-state index contributed by atoms with van der Waals surface area (Å²) in [6, 6.07) is 7.46. The number of ether oxygens (including phenoxy) is 1. The van der Waals surface area contributed by atoms with Crippen LogP contribution in [0.5, 0.6) is 0 Å². The minimum Gasteiger partial charge on any atom is -0.378 e. The van der Waals surface area contributed by atoms with Gasteiger partial charge in [-0.05, 0) is 24.3 Å². The van der Waals surface area contributed by atoms with Crippen molar-refractivity contribution >= 4 is 11.6 Å². The van der Waals surface area contributed by atoms with Gasteiger partial charge in [0.1, 0.15) is 12.2 Å². The summed E-state index contributed by atoms with van der Waals surface area (Å²) in [6.45, 7) is 2.92. The SMILES string of the molecule is Cn1ncnc1C1COCCN1CCc1nc(-c2ccc(Cl)cc2)no1. The van der Waals surface area contributed by atoms with Crippen molar-refractivity contribution in [2.75, 3.05) is 26.3 Å². The monoisotopic (exact) mass is 374 g/mol. The van der Waals surface area contributed by atoms with Crippen LogP contribution in [0.3, 0.4) is 0 Å². The van der Waals surface area contributed by atoms with E-state index in [1.54, 1.807) is 11.0 Å². The van der Waals surface area contributed by atoms with Gasteiger partial charge < -0.3 is 9.26 Å². The highest BCUT2D eigenvalue weighted by atomic mass is 35.5. The predicted octanol–water partition coefficient (Wildman–Crippen LogP) is 2.13. The van der Waals surface area contributed by atoms with Gasteiger partial charge >= 0.3 is 0 Å². The van der Waals surface area contributed by atoms with Crippen LogP contribution in [-0.2, 0) is 18.2 Å². The van der Waals surface area contributed by atoms with Crippen molar-refractivity contribution < 1.29 is 9.26 Å². The fourth-order valence-electron chi connectivity index (χ4n) is 3.06. The lowest BCUT2D eigenvalue weighted by Crippen LogP contribution is -2.41. The van der Waals surface area contributed by atoms with E-state index in [2.05, 4.69) is 25.1 Å². The summed E-state index contributed by atoms with van der Waals surface area (Å²) < 4.78 is 12.8. The van der Waals surface area contributed by atoms with Crippen LogP contribution >= 0.6 is 11.6 Å². The van der Waals surface area contributed by atoms with Gasteiger partial charge in [0.05, 0.1) is 19.3 Å². The fourth-order valence-corrected chi connectivity index (χ4v) is 3.19. The number of rotatable bonds is 5. The zero-order chi connectivity index (χ0) is 17.9. The molecule has 1 unspecified atom stereocenters. The van der Waals surface area contributed by atoms with Crippen molar-refractivity contribution in [3.63, 3.8) is 0 Å². The maximum Gasteiger partial charge on any atom is 0.228 e. The average Bonchev–Trinajstić information content (AvgIpc) is 3.30. The minimum absolute atomic E-state index is 0.0786. The molecule has 136 valence electrons. The molecule has 2 aromatic heterocycles. The summed E-state index contributed by atoms with van der Waals surface area (Å²) in [4.78, 5) is 11.2. The van der Waals surface area contributed by atoms with Crippen molar-refractivity contribution in [2.24, 2.45) is 7.05 Å². The molecule has 1 aliphatic heterocycles. The Bertz CT molecular complexity index is 862. The van der Waals surface area contributed by atoms with Gasteiger partial charge in [-0.2, -0.15) is 10.1 Å². The summed E-state index contributed by atoms with van der Waals surface area (Å²) in [5.41, 5.74) is 0.882. The highest BCUT2D eigenvalue weighted by molar-refractivity contribution is 6.30. The van der Waals surface area contributed by atoms with E-state index in [1.807, 2.05) is 31.3 Å². The zero-order valence-electron chi connectivity index (χ0n) is 14.4. The molecule has 0 amide bonds. The minimum atomic E-state index is 0.0786. The molecule has 0 spiro atoms. The number of morpholine rings is 1. The van der Waals surface area contributed by atoms with Crippen LogP contribution in [-0.4, -0.2) is 56.1 Å². The van der Waals surface area contributed by atoms with E-state index in [9.17, 15) is 0 Å². The molecule has 9 heteroatoms. The van der Waals surface area contributed by atoms with Crippen LogP contribution in [0.25, 0.3) is 11.4 Å². The maximum absolute atomic E-state index is 5.92. The normalized spacial score (nSPS) is 18.3. The van der Waals surface area contributed by atoms with Crippen molar-refractivity contribution in [1.29, 1.82) is 0 Å². The van der Waals surface area contributed by atoms with Gasteiger partial charge in [0.15, 0.2) is 0 Å². The van der Waals surface area contributed by atoms with Crippen molar-refractivity contribution in [1.82, 2.24) is 29.8 Å². The summed E-state index contributed by atoms with van der Waals surface area (Å²) in [5.74, 6) is 2.08. The number of nitrogens with zero attached hydrogens (tertiary/aromatic N) is 6. The van der Waals surface area contributed by atoms with E-state index < -0.39 is 0 Å². The molecular formula is C17H19ClN6O2. The molecule has 3 aromatic rings. The van der Waals surface area contributed by atoms with Gasteiger partial charge in [-0.15, -0.1) is 0 Å². The van der Waals surface area contributed by atoms with Crippen LogP contribution in [0.15, 0.2) is 35.1 Å². The number of aromatic nitrogens is 5. The van der Waals surface area contributed by atoms with Gasteiger partial charge in [-0.25, -0.2) is 4.98 Å². The maximum atomic E-state index is 5.92. The average molecular weight is 375 g/mol. The van der Waals surface area contributed by atoms with Gasteiger partial charge in [0.25, 0.3) is 0 Å². The van der Waals surface area contributed by atoms with E-state index in [-0.39, 0.29) is 6.04 Å². The predicted molar refractivity (Wildman–Crippen MR) is 94.6 cm³/mol. The molecule has 8 nitrogen and oxygen atoms in total. The first-order chi connectivity index (χ1) is 12.7. The molecule has 4 rings (SSSR count). The first kappa shape index (κ1) is 17.1. The first-order valence-corrected chi connectivity index (χ1v) is 8.83. The Balaban J connectivity index is 1.43. The Hall–Kier alpha value is -2.29.